The molecule has 1 aliphatic heterocycles. The summed E-state index contributed by atoms with van der Waals surface area (Å²) in [4.78, 5) is 32.8. The zero-order valence-electron chi connectivity index (χ0n) is 19.4. The Balaban J connectivity index is 1.41. The molecule has 0 saturated carbocycles. The van der Waals surface area contributed by atoms with Crippen LogP contribution in [-0.4, -0.2) is 34.4 Å². The van der Waals surface area contributed by atoms with Gasteiger partial charge >= 0.3 is 12.1 Å². The highest BCUT2D eigenvalue weighted by Gasteiger charge is 2.37. The summed E-state index contributed by atoms with van der Waals surface area (Å²) in [5.74, 6) is -1.18. The molecule has 0 radical (unpaired) electrons. The minimum absolute atomic E-state index is 0.00923. The van der Waals surface area contributed by atoms with E-state index in [1.807, 2.05) is 24.3 Å². The Labute approximate surface area is 213 Å². The van der Waals surface area contributed by atoms with E-state index in [1.165, 1.54) is 30.7 Å². The highest BCUT2D eigenvalue weighted by molar-refractivity contribution is 7.20. The number of amides is 1. The number of aromatic nitrogens is 1. The first kappa shape index (κ1) is 24.5. The lowest BCUT2D eigenvalue weighted by Gasteiger charge is -2.30. The van der Waals surface area contributed by atoms with Crippen LogP contribution in [-0.2, 0) is 28.7 Å². The Morgan fingerprint density at radius 3 is 2.58 bits per heavy atom. The number of hydrogen-bond donors (Lipinski definition) is 0. The zero-order chi connectivity index (χ0) is 25.6. The first-order chi connectivity index (χ1) is 17.1. The lowest BCUT2D eigenvalue weighted by molar-refractivity contribution is -0.140. The monoisotopic (exact) mass is 530 g/mol. The van der Waals surface area contributed by atoms with Crippen molar-refractivity contribution in [1.29, 1.82) is 0 Å². The molecule has 1 aromatic carbocycles. The van der Waals surface area contributed by atoms with Crippen LogP contribution >= 0.6 is 22.7 Å². The van der Waals surface area contributed by atoms with E-state index in [0.29, 0.717) is 24.4 Å². The first-order valence-corrected chi connectivity index (χ1v) is 12.9. The summed E-state index contributed by atoms with van der Waals surface area (Å²) in [5, 5.41) is 1.64. The molecule has 5 rings (SSSR count). The van der Waals surface area contributed by atoms with E-state index >= 15 is 0 Å². The predicted molar refractivity (Wildman–Crippen MR) is 133 cm³/mol. The minimum atomic E-state index is -4.63. The number of hydrogen-bond acceptors (Lipinski definition) is 6. The molecule has 1 amide bonds. The van der Waals surface area contributed by atoms with E-state index in [1.54, 1.807) is 22.4 Å². The van der Waals surface area contributed by atoms with Gasteiger partial charge in [0.25, 0.3) is 5.91 Å². The summed E-state index contributed by atoms with van der Waals surface area (Å²) in [6.07, 6.45) is -5.01. The van der Waals surface area contributed by atoms with Crippen LogP contribution in [0.1, 0.15) is 38.8 Å². The topological polar surface area (TPSA) is 59.5 Å². The molecule has 5 nitrogen and oxygen atoms in total. The molecule has 0 fully saturated rings. The Kier molecular flexibility index (Phi) is 6.34. The van der Waals surface area contributed by atoms with Crippen molar-refractivity contribution in [3.8, 4) is 10.6 Å². The van der Waals surface area contributed by atoms with Crippen molar-refractivity contribution in [2.45, 2.75) is 39.1 Å². The molecule has 36 heavy (non-hydrogen) atoms. The number of benzene rings is 1. The van der Waals surface area contributed by atoms with Gasteiger partial charge in [0, 0.05) is 18.5 Å². The van der Waals surface area contributed by atoms with Crippen molar-refractivity contribution >= 4 is 44.8 Å². The molecule has 4 aromatic rings. The number of aryl methyl sites for hydroxylation is 1. The average molecular weight is 531 g/mol. The second kappa shape index (κ2) is 9.33. The summed E-state index contributed by atoms with van der Waals surface area (Å²) in [6, 6.07) is 12.3. The van der Waals surface area contributed by atoms with Crippen molar-refractivity contribution in [3.05, 3.63) is 75.0 Å². The molecule has 10 heteroatoms. The van der Waals surface area contributed by atoms with Gasteiger partial charge in [-0.05, 0) is 54.5 Å². The molecule has 0 saturated heterocycles. The predicted octanol–water partition coefficient (Wildman–Crippen LogP) is 6.48. The van der Waals surface area contributed by atoms with Crippen molar-refractivity contribution in [1.82, 2.24) is 9.88 Å². The molecule has 3 aromatic heterocycles. The highest BCUT2D eigenvalue weighted by Crippen LogP contribution is 2.42. The molecule has 186 valence electrons. The van der Waals surface area contributed by atoms with Gasteiger partial charge < -0.3 is 9.64 Å². The maximum atomic E-state index is 14.0. The van der Waals surface area contributed by atoms with Gasteiger partial charge in [-0.15, -0.1) is 22.7 Å². The third-order valence-electron chi connectivity index (χ3n) is 6.24. The van der Waals surface area contributed by atoms with Crippen LogP contribution in [0, 0.1) is 6.92 Å². The van der Waals surface area contributed by atoms with Crippen molar-refractivity contribution in [2.75, 3.05) is 6.54 Å². The van der Waals surface area contributed by atoms with E-state index in [0.717, 1.165) is 23.0 Å². The lowest BCUT2D eigenvalue weighted by atomic mass is 9.99. The van der Waals surface area contributed by atoms with Crippen molar-refractivity contribution in [2.24, 2.45) is 0 Å². The number of alkyl halides is 3. The Morgan fingerprint density at radius 1 is 1.14 bits per heavy atom. The smallest absolute Gasteiger partial charge is 0.417 e. The van der Waals surface area contributed by atoms with Crippen molar-refractivity contribution < 1.29 is 27.5 Å². The van der Waals surface area contributed by atoms with Gasteiger partial charge in [0.05, 0.1) is 16.1 Å². The first-order valence-electron chi connectivity index (χ1n) is 11.2. The van der Waals surface area contributed by atoms with E-state index in [2.05, 4.69) is 4.98 Å². The number of rotatable bonds is 4. The van der Waals surface area contributed by atoms with E-state index in [9.17, 15) is 22.8 Å². The van der Waals surface area contributed by atoms with Crippen LogP contribution in [0.25, 0.3) is 20.8 Å². The maximum Gasteiger partial charge on any atom is 0.417 e. The van der Waals surface area contributed by atoms with Crippen molar-refractivity contribution in [3.63, 3.8) is 0 Å². The molecule has 0 spiro atoms. The molecular weight excluding hydrogens is 509 g/mol. The molecule has 0 aliphatic carbocycles. The number of esters is 1. The number of fused-ring (bicyclic) bond motifs is 2. The summed E-state index contributed by atoms with van der Waals surface area (Å²) in [7, 11) is 0. The maximum absolute atomic E-state index is 14.0. The number of pyridine rings is 1. The van der Waals surface area contributed by atoms with Crippen LogP contribution in [0.2, 0.25) is 0 Å². The number of carbonyl (C=O) groups is 2. The summed E-state index contributed by atoms with van der Waals surface area (Å²) >= 11 is 2.13. The Morgan fingerprint density at radius 2 is 1.89 bits per heavy atom. The van der Waals surface area contributed by atoms with E-state index in [4.69, 9.17) is 4.74 Å². The standard InChI is InChI=1S/C26H21F3N2O3S2/c1-14-21-18(26(27,28)29)12-19(20-8-5-11-35-20)30-23(21)36-22(14)25(33)34-15(2)24(32)31-10-9-16-6-3-4-7-17(16)13-31/h3-8,11-12,15H,9-10,13H2,1-2H3. The molecule has 1 unspecified atom stereocenters. The van der Waals surface area contributed by atoms with Gasteiger partial charge in [0.1, 0.15) is 9.71 Å². The second-order valence-electron chi connectivity index (χ2n) is 8.59. The number of nitrogens with zero attached hydrogens (tertiary/aromatic N) is 2. The van der Waals surface area contributed by atoms with Crippen LogP contribution in [0.4, 0.5) is 13.2 Å². The minimum Gasteiger partial charge on any atom is -0.448 e. The zero-order valence-corrected chi connectivity index (χ0v) is 21.0. The second-order valence-corrected chi connectivity index (χ2v) is 10.5. The fraction of sp³-hybridized carbons (Fsp3) is 0.269. The molecule has 1 aliphatic rings. The third-order valence-corrected chi connectivity index (χ3v) is 8.30. The summed E-state index contributed by atoms with van der Waals surface area (Å²) in [6.45, 7) is 3.86. The summed E-state index contributed by atoms with van der Waals surface area (Å²) in [5.41, 5.74) is 1.72. The average Bonchev–Trinajstić information content (AvgIpc) is 3.50. The molecule has 1 atom stereocenters. The molecule has 0 N–H and O–H groups in total. The lowest BCUT2D eigenvalue weighted by Crippen LogP contribution is -2.42. The van der Waals surface area contributed by atoms with E-state index < -0.39 is 23.8 Å². The fourth-order valence-corrected chi connectivity index (χ4v) is 6.19. The number of ether oxygens (including phenoxy) is 1. The number of halogens is 3. The molecule has 0 bridgehead atoms. The Hall–Kier alpha value is -3.24. The van der Waals surface area contributed by atoms with Gasteiger partial charge in [0.15, 0.2) is 6.10 Å². The van der Waals surface area contributed by atoms with Crippen LogP contribution in [0.3, 0.4) is 0 Å². The van der Waals surface area contributed by atoms with E-state index in [-0.39, 0.29) is 32.3 Å². The summed E-state index contributed by atoms with van der Waals surface area (Å²) < 4.78 is 47.4. The van der Waals surface area contributed by atoms with Gasteiger partial charge in [-0.25, -0.2) is 9.78 Å². The quantitative estimate of drug-likeness (QED) is 0.283. The number of thiophene rings is 2. The van der Waals surface area contributed by atoms with Crippen LogP contribution in [0.15, 0.2) is 47.8 Å². The highest BCUT2D eigenvalue weighted by atomic mass is 32.1. The van der Waals surface area contributed by atoms with Crippen LogP contribution in [0.5, 0.6) is 0 Å². The number of carbonyl (C=O) groups excluding carboxylic acids is 2. The third kappa shape index (κ3) is 4.51. The van der Waals surface area contributed by atoms with Gasteiger partial charge in [0.2, 0.25) is 0 Å². The molecular formula is C26H21F3N2O3S2. The normalized spacial score (nSPS) is 14.5. The Bertz CT molecular complexity index is 1460. The van der Waals surface area contributed by atoms with Gasteiger partial charge in [-0.3, -0.25) is 4.79 Å². The SMILES string of the molecule is Cc1c(C(=O)OC(C)C(=O)N2CCc3ccccc3C2)sc2nc(-c3cccs3)cc(C(F)(F)F)c12. The van der Waals surface area contributed by atoms with Crippen LogP contribution < -0.4 is 0 Å². The largest absolute Gasteiger partial charge is 0.448 e. The molecule has 4 heterocycles. The van der Waals surface area contributed by atoms with Gasteiger partial charge in [-0.1, -0.05) is 30.3 Å². The van der Waals surface area contributed by atoms with Gasteiger partial charge in [-0.2, -0.15) is 13.2 Å². The fourth-order valence-electron chi connectivity index (χ4n) is 4.42.